The Labute approximate surface area is 234 Å². The summed E-state index contributed by atoms with van der Waals surface area (Å²) in [7, 11) is 0. The van der Waals surface area contributed by atoms with E-state index in [1.807, 2.05) is 42.5 Å². The predicted octanol–water partition coefficient (Wildman–Crippen LogP) is 6.60. The minimum atomic E-state index is -4.66. The van der Waals surface area contributed by atoms with Gasteiger partial charge in [0, 0.05) is 22.5 Å². The quantitative estimate of drug-likeness (QED) is 0.395. The number of halogens is 3. The first kappa shape index (κ1) is 28.9. The number of carbonyl (C=O) groups is 1. The molecule has 0 aromatic heterocycles. The van der Waals surface area contributed by atoms with Gasteiger partial charge in [-0.05, 0) is 114 Å². The van der Waals surface area contributed by atoms with Gasteiger partial charge in [-0.25, -0.2) is 4.79 Å². The second-order valence-electron chi connectivity index (χ2n) is 13.6. The first-order chi connectivity index (χ1) is 18.6. The number of hydrogen-bond acceptors (Lipinski definition) is 4. The molecule has 218 valence electrons. The van der Waals surface area contributed by atoms with Crippen LogP contribution < -0.4 is 15.4 Å². The molecule has 1 saturated carbocycles. The van der Waals surface area contributed by atoms with E-state index in [9.17, 15) is 23.1 Å². The highest BCUT2D eigenvalue weighted by molar-refractivity contribution is 5.71. The van der Waals surface area contributed by atoms with Crippen LogP contribution in [-0.4, -0.2) is 40.1 Å². The number of piperidine rings is 1. The molecule has 0 unspecified atom stereocenters. The monoisotopic (exact) mass is 558 g/mol. The third-order valence-electron chi connectivity index (χ3n) is 9.34. The summed E-state index contributed by atoms with van der Waals surface area (Å²) < 4.78 is 47.3. The zero-order valence-corrected chi connectivity index (χ0v) is 23.8. The lowest BCUT2D eigenvalue weighted by molar-refractivity contribution is -0.279. The largest absolute Gasteiger partial charge is 0.417 e. The van der Waals surface area contributed by atoms with Crippen LogP contribution in [0, 0.1) is 5.92 Å². The summed E-state index contributed by atoms with van der Waals surface area (Å²) in [6.07, 6.45) is -2.29. The molecule has 1 amide bonds. The van der Waals surface area contributed by atoms with Gasteiger partial charge in [0.2, 0.25) is 0 Å². The predicted molar refractivity (Wildman–Crippen MR) is 148 cm³/mol. The van der Waals surface area contributed by atoms with Crippen LogP contribution in [0.1, 0.15) is 82.9 Å². The van der Waals surface area contributed by atoms with E-state index in [2.05, 4.69) is 38.3 Å². The van der Waals surface area contributed by atoms with Gasteiger partial charge in [0.05, 0.1) is 0 Å². The summed E-state index contributed by atoms with van der Waals surface area (Å²) in [5.74, 6) is 0.113. The highest BCUT2D eigenvalue weighted by atomic mass is 19.4. The molecular weight excluding hydrogens is 517 g/mol. The number of carbonyl (C=O) groups excluding carboxylic acids is 1. The Hall–Kier alpha value is -2.58. The number of amides is 1. The van der Waals surface area contributed by atoms with Crippen LogP contribution in [0.5, 0.6) is 5.75 Å². The standard InChI is InChI=1S/C32H41F3N2O3/c1-28(2)19-24(20-29(3,4)37-28)36-27(38)40-25-12-13-26-22(16-25)10-11-23-18-31(39,32(33,34)35)15-14-30(23,26)17-21-8-6-5-7-9-21/h5-9,12-13,16,23-24,37,39H,10-11,14-15,17-20H2,1-4H3,(H,36,38)/t23-,30+,31-/m1/s1. The Balaban J connectivity index is 1.38. The minimum Gasteiger partial charge on any atom is -0.410 e. The van der Waals surface area contributed by atoms with E-state index >= 15 is 0 Å². The van der Waals surface area contributed by atoms with Gasteiger partial charge < -0.3 is 20.5 Å². The second-order valence-corrected chi connectivity index (χ2v) is 13.6. The number of hydrogen-bond donors (Lipinski definition) is 3. The van der Waals surface area contributed by atoms with Gasteiger partial charge in [-0.2, -0.15) is 13.2 Å². The molecule has 0 bridgehead atoms. The fraction of sp³-hybridized carbons (Fsp3) is 0.594. The van der Waals surface area contributed by atoms with Crippen molar-refractivity contribution in [3.05, 3.63) is 65.2 Å². The maximum atomic E-state index is 13.9. The second kappa shape index (κ2) is 10.1. The zero-order valence-electron chi connectivity index (χ0n) is 23.8. The number of nitrogens with one attached hydrogen (secondary N) is 2. The van der Waals surface area contributed by atoms with Crippen LogP contribution in [0.4, 0.5) is 18.0 Å². The number of aryl methyl sites for hydroxylation is 1. The highest BCUT2D eigenvalue weighted by Gasteiger charge is 2.61. The first-order valence-electron chi connectivity index (χ1n) is 14.3. The molecule has 2 aromatic carbocycles. The minimum absolute atomic E-state index is 0.0269. The summed E-state index contributed by atoms with van der Waals surface area (Å²) in [5.41, 5.74) is -0.357. The lowest BCUT2D eigenvalue weighted by Gasteiger charge is -2.53. The van der Waals surface area contributed by atoms with Gasteiger partial charge in [-0.15, -0.1) is 0 Å². The van der Waals surface area contributed by atoms with E-state index in [4.69, 9.17) is 4.74 Å². The Morgan fingerprint density at radius 3 is 2.35 bits per heavy atom. The van der Waals surface area contributed by atoms with Gasteiger partial charge in [0.1, 0.15) is 5.75 Å². The zero-order chi connectivity index (χ0) is 29.0. The maximum absolute atomic E-state index is 13.9. The molecule has 5 nitrogen and oxygen atoms in total. The molecule has 0 spiro atoms. The van der Waals surface area contributed by atoms with Gasteiger partial charge in [0.25, 0.3) is 0 Å². The summed E-state index contributed by atoms with van der Waals surface area (Å²) in [6, 6.07) is 15.4. The number of ether oxygens (including phenoxy) is 1. The lowest BCUT2D eigenvalue weighted by atomic mass is 9.52. The number of fused-ring (bicyclic) bond motifs is 3. The molecule has 1 heterocycles. The van der Waals surface area contributed by atoms with Crippen LogP contribution >= 0.6 is 0 Å². The first-order valence-corrected chi connectivity index (χ1v) is 14.3. The number of benzene rings is 2. The van der Waals surface area contributed by atoms with Crippen LogP contribution in [0.15, 0.2) is 48.5 Å². The maximum Gasteiger partial charge on any atom is 0.417 e. The van der Waals surface area contributed by atoms with Crippen molar-refractivity contribution in [1.29, 1.82) is 0 Å². The normalized spacial score (nSPS) is 29.6. The van der Waals surface area contributed by atoms with Crippen molar-refractivity contribution >= 4 is 6.09 Å². The van der Waals surface area contributed by atoms with E-state index in [1.165, 1.54) is 0 Å². The van der Waals surface area contributed by atoms with Gasteiger partial charge in [0.15, 0.2) is 5.60 Å². The van der Waals surface area contributed by atoms with Gasteiger partial charge in [-0.3, -0.25) is 0 Å². The van der Waals surface area contributed by atoms with E-state index in [-0.39, 0.29) is 42.3 Å². The third kappa shape index (κ3) is 5.75. The van der Waals surface area contributed by atoms with Crippen LogP contribution in [0.2, 0.25) is 0 Å². The van der Waals surface area contributed by atoms with E-state index in [1.54, 1.807) is 6.07 Å². The van der Waals surface area contributed by atoms with Crippen molar-refractivity contribution in [2.75, 3.05) is 0 Å². The van der Waals surface area contributed by atoms with Crippen molar-refractivity contribution in [3.63, 3.8) is 0 Å². The average Bonchev–Trinajstić information content (AvgIpc) is 2.82. The molecule has 2 fully saturated rings. The molecule has 40 heavy (non-hydrogen) atoms. The topological polar surface area (TPSA) is 70.6 Å². The smallest absolute Gasteiger partial charge is 0.410 e. The van der Waals surface area contributed by atoms with Crippen LogP contribution in [0.25, 0.3) is 0 Å². The number of alkyl halides is 3. The number of aliphatic hydroxyl groups is 1. The van der Waals surface area contributed by atoms with Crippen molar-refractivity contribution < 1.29 is 27.8 Å². The molecule has 2 aromatic rings. The van der Waals surface area contributed by atoms with Crippen molar-refractivity contribution in [2.24, 2.45) is 5.92 Å². The summed E-state index contributed by atoms with van der Waals surface area (Å²) in [4.78, 5) is 12.9. The SMILES string of the molecule is CC1(C)CC(NC(=O)Oc2ccc3c(c2)CC[C@@H]2C[C@@](O)(C(F)(F)F)CC[C@@]32Cc2ccccc2)CC(C)(C)N1. The molecule has 1 aliphatic heterocycles. The Kier molecular flexibility index (Phi) is 7.27. The molecular formula is C32H41F3N2O3. The molecule has 5 rings (SSSR count). The van der Waals surface area contributed by atoms with E-state index in [0.29, 0.717) is 25.0 Å². The summed E-state index contributed by atoms with van der Waals surface area (Å²) in [6.45, 7) is 8.49. The Morgan fingerprint density at radius 2 is 1.70 bits per heavy atom. The highest BCUT2D eigenvalue weighted by Crippen LogP contribution is 2.57. The van der Waals surface area contributed by atoms with Crippen molar-refractivity contribution in [2.45, 2.75) is 113 Å². The third-order valence-corrected chi connectivity index (χ3v) is 9.34. The van der Waals surface area contributed by atoms with Gasteiger partial charge in [-0.1, -0.05) is 36.4 Å². The van der Waals surface area contributed by atoms with Crippen LogP contribution in [0.3, 0.4) is 0 Å². The van der Waals surface area contributed by atoms with Crippen molar-refractivity contribution in [1.82, 2.24) is 10.6 Å². The molecule has 3 N–H and O–H groups in total. The van der Waals surface area contributed by atoms with Gasteiger partial charge >= 0.3 is 12.3 Å². The molecule has 3 atom stereocenters. The molecule has 2 aliphatic carbocycles. The summed E-state index contributed by atoms with van der Waals surface area (Å²) in [5, 5.41) is 17.3. The Morgan fingerprint density at radius 1 is 1.02 bits per heavy atom. The average molecular weight is 559 g/mol. The fourth-order valence-electron chi connectivity index (χ4n) is 8.00. The fourth-order valence-corrected chi connectivity index (χ4v) is 8.00. The number of rotatable bonds is 4. The van der Waals surface area contributed by atoms with E-state index in [0.717, 1.165) is 29.5 Å². The Bertz CT molecular complexity index is 1230. The van der Waals surface area contributed by atoms with Crippen molar-refractivity contribution in [3.8, 4) is 5.75 Å². The summed E-state index contributed by atoms with van der Waals surface area (Å²) >= 11 is 0. The van der Waals surface area contributed by atoms with E-state index < -0.39 is 23.3 Å². The van der Waals surface area contributed by atoms with Crippen LogP contribution in [-0.2, 0) is 18.3 Å². The lowest BCUT2D eigenvalue weighted by Crippen LogP contribution is -2.62. The molecule has 1 saturated heterocycles. The molecule has 3 aliphatic rings. The molecule has 0 radical (unpaired) electrons. The molecule has 8 heteroatoms.